The Morgan fingerprint density at radius 1 is 1.40 bits per heavy atom. The van der Waals surface area contributed by atoms with E-state index in [-0.39, 0.29) is 5.41 Å². The monoisotopic (exact) mass is 208 g/mol. The van der Waals surface area contributed by atoms with Crippen LogP contribution in [0.5, 0.6) is 0 Å². The van der Waals surface area contributed by atoms with E-state index in [4.69, 9.17) is 5.26 Å². The number of nitriles is 1. The Morgan fingerprint density at radius 2 is 2.07 bits per heavy atom. The lowest BCUT2D eigenvalue weighted by Crippen LogP contribution is -2.47. The summed E-state index contributed by atoms with van der Waals surface area (Å²) in [6.45, 7) is 9.47. The third-order valence-electron chi connectivity index (χ3n) is 3.60. The van der Waals surface area contributed by atoms with Gasteiger partial charge in [-0.3, -0.25) is 0 Å². The topological polar surface area (TPSA) is 35.8 Å². The van der Waals surface area contributed by atoms with Gasteiger partial charge in [0.1, 0.15) is 0 Å². The molecule has 0 amide bonds. The van der Waals surface area contributed by atoms with Gasteiger partial charge >= 0.3 is 0 Å². The van der Waals surface area contributed by atoms with Crippen molar-refractivity contribution in [3.8, 4) is 6.07 Å². The minimum Gasteiger partial charge on any atom is -0.312 e. The second-order valence-electron chi connectivity index (χ2n) is 6.16. The summed E-state index contributed by atoms with van der Waals surface area (Å²) in [4.78, 5) is 0. The Kier molecular flexibility index (Phi) is 3.78. The summed E-state index contributed by atoms with van der Waals surface area (Å²) in [5, 5.41) is 12.5. The van der Waals surface area contributed by atoms with Crippen LogP contribution in [0, 0.1) is 22.2 Å². The molecule has 0 aromatic rings. The molecule has 2 nitrogen and oxygen atoms in total. The van der Waals surface area contributed by atoms with Crippen molar-refractivity contribution in [1.82, 2.24) is 5.32 Å². The molecule has 1 atom stereocenters. The second-order valence-corrected chi connectivity index (χ2v) is 6.16. The van der Waals surface area contributed by atoms with Crippen LogP contribution in [0.3, 0.4) is 0 Å². The fourth-order valence-corrected chi connectivity index (χ4v) is 2.29. The van der Waals surface area contributed by atoms with Gasteiger partial charge in [-0.1, -0.05) is 26.7 Å². The summed E-state index contributed by atoms with van der Waals surface area (Å²) >= 11 is 0. The molecule has 1 aliphatic carbocycles. The average Bonchev–Trinajstić information content (AvgIpc) is 2.16. The molecule has 1 saturated carbocycles. The molecule has 0 aromatic heterocycles. The fourth-order valence-electron chi connectivity index (χ4n) is 2.29. The lowest BCUT2D eigenvalue weighted by Gasteiger charge is -2.40. The SMILES string of the molecule is CC(C)(C#N)CNC1CCCCC1(C)C. The zero-order valence-corrected chi connectivity index (χ0v) is 10.6. The molecule has 2 heteroatoms. The van der Waals surface area contributed by atoms with Crippen LogP contribution in [0.2, 0.25) is 0 Å². The molecule has 0 aliphatic heterocycles. The normalized spacial score (nSPS) is 25.9. The second kappa shape index (κ2) is 4.53. The van der Waals surface area contributed by atoms with Crippen molar-refractivity contribution >= 4 is 0 Å². The molecular formula is C13H24N2. The quantitative estimate of drug-likeness (QED) is 0.773. The lowest BCUT2D eigenvalue weighted by atomic mass is 9.73. The van der Waals surface area contributed by atoms with E-state index in [9.17, 15) is 0 Å². The predicted molar refractivity (Wildman–Crippen MR) is 63.4 cm³/mol. The summed E-state index contributed by atoms with van der Waals surface area (Å²) in [6.07, 6.45) is 5.24. The molecule has 1 unspecified atom stereocenters. The van der Waals surface area contributed by atoms with Crippen LogP contribution in [0.25, 0.3) is 0 Å². The van der Waals surface area contributed by atoms with Crippen molar-refractivity contribution in [3.05, 3.63) is 0 Å². The van der Waals surface area contributed by atoms with E-state index in [0.717, 1.165) is 6.54 Å². The van der Waals surface area contributed by atoms with Gasteiger partial charge in [-0.05, 0) is 32.1 Å². The van der Waals surface area contributed by atoms with Crippen LogP contribution < -0.4 is 5.32 Å². The maximum absolute atomic E-state index is 8.96. The molecule has 0 bridgehead atoms. The van der Waals surface area contributed by atoms with Crippen molar-refractivity contribution in [2.45, 2.75) is 59.4 Å². The molecule has 1 rings (SSSR count). The first-order valence-corrected chi connectivity index (χ1v) is 6.02. The first kappa shape index (κ1) is 12.5. The Labute approximate surface area is 94.1 Å². The molecular weight excluding hydrogens is 184 g/mol. The fraction of sp³-hybridized carbons (Fsp3) is 0.923. The highest BCUT2D eigenvalue weighted by atomic mass is 14.9. The highest BCUT2D eigenvalue weighted by Crippen LogP contribution is 2.35. The molecule has 0 aromatic carbocycles. The minimum absolute atomic E-state index is 0.243. The van der Waals surface area contributed by atoms with E-state index in [2.05, 4.69) is 25.2 Å². The van der Waals surface area contributed by atoms with E-state index in [1.54, 1.807) is 0 Å². The van der Waals surface area contributed by atoms with Crippen LogP contribution >= 0.6 is 0 Å². The summed E-state index contributed by atoms with van der Waals surface area (Å²) < 4.78 is 0. The average molecular weight is 208 g/mol. The van der Waals surface area contributed by atoms with E-state index in [0.29, 0.717) is 11.5 Å². The Morgan fingerprint density at radius 3 is 2.60 bits per heavy atom. The highest BCUT2D eigenvalue weighted by molar-refractivity contribution is 4.96. The van der Waals surface area contributed by atoms with Crippen LogP contribution in [-0.4, -0.2) is 12.6 Å². The van der Waals surface area contributed by atoms with Gasteiger partial charge in [0.05, 0.1) is 11.5 Å². The molecule has 0 radical (unpaired) electrons. The largest absolute Gasteiger partial charge is 0.312 e. The number of rotatable bonds is 3. The minimum atomic E-state index is -0.243. The molecule has 86 valence electrons. The van der Waals surface area contributed by atoms with Gasteiger partial charge in [0.25, 0.3) is 0 Å². The third kappa shape index (κ3) is 3.50. The van der Waals surface area contributed by atoms with Gasteiger partial charge in [-0.2, -0.15) is 5.26 Å². The van der Waals surface area contributed by atoms with Gasteiger partial charge in [-0.25, -0.2) is 0 Å². The smallest absolute Gasteiger partial charge is 0.0697 e. The Balaban J connectivity index is 2.48. The molecule has 15 heavy (non-hydrogen) atoms. The van der Waals surface area contributed by atoms with Crippen LogP contribution in [0.15, 0.2) is 0 Å². The standard InChI is InChI=1S/C13H24N2/c1-12(2,9-14)10-15-11-7-5-6-8-13(11,3)4/h11,15H,5-8,10H2,1-4H3. The van der Waals surface area contributed by atoms with Gasteiger partial charge in [0.2, 0.25) is 0 Å². The molecule has 1 aliphatic rings. The maximum atomic E-state index is 8.96. The van der Waals surface area contributed by atoms with Crippen molar-refractivity contribution in [2.24, 2.45) is 10.8 Å². The van der Waals surface area contributed by atoms with Crippen molar-refractivity contribution < 1.29 is 0 Å². The van der Waals surface area contributed by atoms with Crippen molar-refractivity contribution in [1.29, 1.82) is 5.26 Å². The van der Waals surface area contributed by atoms with Gasteiger partial charge < -0.3 is 5.32 Å². The number of nitrogens with zero attached hydrogens (tertiary/aromatic N) is 1. The van der Waals surface area contributed by atoms with Gasteiger partial charge in [0, 0.05) is 12.6 Å². The van der Waals surface area contributed by atoms with Crippen LogP contribution in [0.1, 0.15) is 53.4 Å². The summed E-state index contributed by atoms with van der Waals surface area (Å²) in [7, 11) is 0. The number of nitrogens with one attached hydrogen (secondary N) is 1. The number of hydrogen-bond acceptors (Lipinski definition) is 2. The van der Waals surface area contributed by atoms with Crippen molar-refractivity contribution in [3.63, 3.8) is 0 Å². The van der Waals surface area contributed by atoms with Gasteiger partial charge in [-0.15, -0.1) is 0 Å². The molecule has 1 N–H and O–H groups in total. The Bertz CT molecular complexity index is 248. The zero-order chi connectivity index (χ0) is 11.5. The summed E-state index contributed by atoms with van der Waals surface area (Å²) in [5.41, 5.74) is 0.150. The van der Waals surface area contributed by atoms with Crippen molar-refractivity contribution in [2.75, 3.05) is 6.54 Å². The highest BCUT2D eigenvalue weighted by Gasteiger charge is 2.32. The first-order valence-electron chi connectivity index (χ1n) is 6.02. The molecule has 1 fully saturated rings. The Hall–Kier alpha value is -0.550. The van der Waals surface area contributed by atoms with Crippen LogP contribution in [0.4, 0.5) is 0 Å². The predicted octanol–water partition coefficient (Wildman–Crippen LogP) is 3.09. The van der Waals surface area contributed by atoms with E-state index >= 15 is 0 Å². The van der Waals surface area contributed by atoms with E-state index in [1.165, 1.54) is 25.7 Å². The maximum Gasteiger partial charge on any atom is 0.0697 e. The molecule has 0 heterocycles. The third-order valence-corrected chi connectivity index (χ3v) is 3.60. The molecule has 0 saturated heterocycles. The van der Waals surface area contributed by atoms with E-state index in [1.807, 2.05) is 13.8 Å². The zero-order valence-electron chi connectivity index (χ0n) is 10.6. The summed E-state index contributed by atoms with van der Waals surface area (Å²) in [6, 6.07) is 2.93. The lowest BCUT2D eigenvalue weighted by molar-refractivity contribution is 0.160. The summed E-state index contributed by atoms with van der Waals surface area (Å²) in [5.74, 6) is 0. The molecule has 0 spiro atoms. The first-order chi connectivity index (χ1) is 6.87. The van der Waals surface area contributed by atoms with Gasteiger partial charge in [0.15, 0.2) is 0 Å². The van der Waals surface area contributed by atoms with Crippen LogP contribution in [-0.2, 0) is 0 Å². The van der Waals surface area contributed by atoms with E-state index < -0.39 is 0 Å². The number of hydrogen-bond donors (Lipinski definition) is 1.